The molecule has 0 saturated heterocycles. The zero-order valence-electron chi connectivity index (χ0n) is 13.0. The highest BCUT2D eigenvalue weighted by Crippen LogP contribution is 2.36. The number of aromatic nitrogens is 1. The van der Waals surface area contributed by atoms with Gasteiger partial charge in [0, 0.05) is 12.0 Å². The van der Waals surface area contributed by atoms with E-state index in [0.717, 1.165) is 49.5 Å². The standard InChI is InChI=1S/C17H16F2N2O3/c18-11-6-7-12-16(14(11)19)23-9-8-21(12)17(22)15-10-4-2-1-3-5-13(10)24-20-15/h6-7H,1-5,8-9H2. The summed E-state index contributed by atoms with van der Waals surface area (Å²) in [4.78, 5) is 14.3. The maximum atomic E-state index is 13.9. The van der Waals surface area contributed by atoms with Crippen molar-refractivity contribution in [1.82, 2.24) is 5.16 Å². The number of rotatable bonds is 1. The van der Waals surface area contributed by atoms with Crippen LogP contribution in [0, 0.1) is 11.6 Å². The predicted octanol–water partition coefficient (Wildman–Crippen LogP) is 3.26. The summed E-state index contributed by atoms with van der Waals surface area (Å²) in [5, 5.41) is 3.95. The quantitative estimate of drug-likeness (QED) is 0.751. The Kier molecular flexibility index (Phi) is 3.70. The van der Waals surface area contributed by atoms with Crippen molar-refractivity contribution in [2.75, 3.05) is 18.1 Å². The van der Waals surface area contributed by atoms with Crippen LogP contribution in [0.25, 0.3) is 0 Å². The van der Waals surface area contributed by atoms with Crippen molar-refractivity contribution in [3.8, 4) is 5.75 Å². The third kappa shape index (κ3) is 2.35. The topological polar surface area (TPSA) is 55.6 Å². The van der Waals surface area contributed by atoms with Gasteiger partial charge in [0.1, 0.15) is 12.4 Å². The van der Waals surface area contributed by atoms with Crippen LogP contribution in [0.1, 0.15) is 41.1 Å². The van der Waals surface area contributed by atoms with Gasteiger partial charge in [0.05, 0.1) is 12.2 Å². The first-order valence-corrected chi connectivity index (χ1v) is 8.07. The molecule has 2 heterocycles. The molecule has 0 N–H and O–H groups in total. The molecule has 0 spiro atoms. The number of aryl methyl sites for hydroxylation is 1. The molecule has 126 valence electrons. The first-order valence-electron chi connectivity index (χ1n) is 8.07. The van der Waals surface area contributed by atoms with E-state index in [1.54, 1.807) is 0 Å². The van der Waals surface area contributed by atoms with Gasteiger partial charge in [0.15, 0.2) is 17.3 Å². The minimum atomic E-state index is -1.08. The summed E-state index contributed by atoms with van der Waals surface area (Å²) in [7, 11) is 0. The van der Waals surface area contributed by atoms with Crippen molar-refractivity contribution in [3.05, 3.63) is 40.8 Å². The minimum absolute atomic E-state index is 0.0964. The average Bonchev–Trinajstić information content (AvgIpc) is 2.85. The molecule has 1 aliphatic carbocycles. The first-order chi connectivity index (χ1) is 11.7. The third-order valence-corrected chi connectivity index (χ3v) is 4.53. The largest absolute Gasteiger partial charge is 0.486 e. The molecule has 0 bridgehead atoms. The van der Waals surface area contributed by atoms with Gasteiger partial charge in [0.2, 0.25) is 5.82 Å². The number of carbonyl (C=O) groups excluding carboxylic acids is 1. The smallest absolute Gasteiger partial charge is 0.280 e. The second-order valence-electron chi connectivity index (χ2n) is 6.01. The second kappa shape index (κ2) is 5.89. The number of ether oxygens (including phenoxy) is 1. The molecule has 1 aliphatic heterocycles. The number of amides is 1. The fraction of sp³-hybridized carbons (Fsp3) is 0.412. The zero-order chi connectivity index (χ0) is 16.7. The van der Waals surface area contributed by atoms with Crippen LogP contribution in [0.4, 0.5) is 14.5 Å². The van der Waals surface area contributed by atoms with Gasteiger partial charge in [-0.3, -0.25) is 9.69 Å². The van der Waals surface area contributed by atoms with Gasteiger partial charge in [-0.25, -0.2) is 4.39 Å². The summed E-state index contributed by atoms with van der Waals surface area (Å²) in [6.07, 6.45) is 4.60. The number of halogens is 2. The monoisotopic (exact) mass is 334 g/mol. The molecule has 2 aromatic rings. The molecule has 1 aromatic heterocycles. The Morgan fingerprint density at radius 3 is 2.88 bits per heavy atom. The molecule has 0 fully saturated rings. The van der Waals surface area contributed by atoms with Crippen molar-refractivity contribution < 1.29 is 22.8 Å². The molecular formula is C17H16F2N2O3. The number of hydrogen-bond acceptors (Lipinski definition) is 4. The van der Waals surface area contributed by atoms with Crippen molar-refractivity contribution in [1.29, 1.82) is 0 Å². The Bertz CT molecular complexity index is 803. The molecule has 7 heteroatoms. The lowest BCUT2D eigenvalue weighted by Gasteiger charge is -2.29. The normalized spacial score (nSPS) is 16.8. The van der Waals surface area contributed by atoms with Gasteiger partial charge in [-0.2, -0.15) is 4.39 Å². The Labute approximate surface area is 137 Å². The van der Waals surface area contributed by atoms with Crippen LogP contribution in [-0.4, -0.2) is 24.2 Å². The first kappa shape index (κ1) is 15.1. The lowest BCUT2D eigenvalue weighted by Crippen LogP contribution is -2.39. The van der Waals surface area contributed by atoms with E-state index in [9.17, 15) is 13.6 Å². The molecular weight excluding hydrogens is 318 g/mol. The van der Waals surface area contributed by atoms with Crippen LogP contribution in [-0.2, 0) is 12.8 Å². The lowest BCUT2D eigenvalue weighted by atomic mass is 10.1. The van der Waals surface area contributed by atoms with Crippen LogP contribution >= 0.6 is 0 Å². The second-order valence-corrected chi connectivity index (χ2v) is 6.01. The van der Waals surface area contributed by atoms with Crippen LogP contribution in [0.2, 0.25) is 0 Å². The van der Waals surface area contributed by atoms with E-state index in [1.165, 1.54) is 11.0 Å². The molecule has 0 atom stereocenters. The summed E-state index contributed by atoms with van der Waals surface area (Å²) in [6, 6.07) is 2.34. The molecule has 0 saturated carbocycles. The highest BCUT2D eigenvalue weighted by molar-refractivity contribution is 6.06. The molecule has 2 aliphatic rings. The van der Waals surface area contributed by atoms with Crippen molar-refractivity contribution >= 4 is 11.6 Å². The number of nitrogens with zero attached hydrogens (tertiary/aromatic N) is 2. The van der Waals surface area contributed by atoms with Crippen molar-refractivity contribution in [2.24, 2.45) is 0 Å². The summed E-state index contributed by atoms with van der Waals surface area (Å²) in [5.74, 6) is -1.92. The number of benzene rings is 1. The Morgan fingerprint density at radius 1 is 1.17 bits per heavy atom. The number of anilines is 1. The van der Waals surface area contributed by atoms with E-state index in [1.807, 2.05) is 0 Å². The molecule has 5 nitrogen and oxygen atoms in total. The number of carbonyl (C=O) groups is 1. The van der Waals surface area contributed by atoms with E-state index >= 15 is 0 Å². The summed E-state index contributed by atoms with van der Waals surface area (Å²) >= 11 is 0. The van der Waals surface area contributed by atoms with E-state index in [-0.39, 0.29) is 36.2 Å². The molecule has 1 aromatic carbocycles. The summed E-state index contributed by atoms with van der Waals surface area (Å²) < 4.78 is 37.9. The highest BCUT2D eigenvalue weighted by Gasteiger charge is 2.32. The Morgan fingerprint density at radius 2 is 2.00 bits per heavy atom. The SMILES string of the molecule is O=C(c1noc2c1CCCCC2)N1CCOc2c1ccc(F)c2F. The predicted molar refractivity (Wildman–Crippen MR) is 81.3 cm³/mol. The number of hydrogen-bond donors (Lipinski definition) is 0. The van der Waals surface area contributed by atoms with Gasteiger partial charge >= 0.3 is 0 Å². The van der Waals surface area contributed by atoms with Crippen LogP contribution in [0.15, 0.2) is 16.7 Å². The fourth-order valence-corrected chi connectivity index (χ4v) is 3.30. The van der Waals surface area contributed by atoms with E-state index in [0.29, 0.717) is 0 Å². The molecule has 24 heavy (non-hydrogen) atoms. The van der Waals surface area contributed by atoms with Crippen molar-refractivity contribution in [3.63, 3.8) is 0 Å². The van der Waals surface area contributed by atoms with Crippen LogP contribution in [0.3, 0.4) is 0 Å². The van der Waals surface area contributed by atoms with E-state index in [4.69, 9.17) is 9.26 Å². The molecule has 1 amide bonds. The van der Waals surface area contributed by atoms with Gasteiger partial charge in [0.25, 0.3) is 5.91 Å². The summed E-state index contributed by atoms with van der Waals surface area (Å²) in [5.41, 5.74) is 1.33. The van der Waals surface area contributed by atoms with Gasteiger partial charge < -0.3 is 9.26 Å². The molecule has 4 rings (SSSR count). The van der Waals surface area contributed by atoms with Crippen molar-refractivity contribution in [2.45, 2.75) is 32.1 Å². The van der Waals surface area contributed by atoms with E-state index in [2.05, 4.69) is 5.16 Å². The van der Waals surface area contributed by atoms with Gasteiger partial charge in [-0.05, 0) is 31.4 Å². The zero-order valence-corrected chi connectivity index (χ0v) is 13.0. The number of fused-ring (bicyclic) bond motifs is 2. The maximum absolute atomic E-state index is 13.9. The highest BCUT2D eigenvalue weighted by atomic mass is 19.2. The Balaban J connectivity index is 1.72. The maximum Gasteiger partial charge on any atom is 0.280 e. The molecule has 0 unspecified atom stereocenters. The van der Waals surface area contributed by atoms with Gasteiger partial charge in [-0.1, -0.05) is 11.6 Å². The summed E-state index contributed by atoms with van der Waals surface area (Å²) in [6.45, 7) is 0.345. The Hall–Kier alpha value is -2.44. The van der Waals surface area contributed by atoms with E-state index < -0.39 is 11.6 Å². The molecule has 0 radical (unpaired) electrons. The van der Waals surface area contributed by atoms with Crippen LogP contribution < -0.4 is 9.64 Å². The van der Waals surface area contributed by atoms with Crippen LogP contribution in [0.5, 0.6) is 5.75 Å². The third-order valence-electron chi connectivity index (χ3n) is 4.53. The lowest BCUT2D eigenvalue weighted by molar-refractivity contribution is 0.0966. The van der Waals surface area contributed by atoms with Gasteiger partial charge in [-0.15, -0.1) is 0 Å². The fourth-order valence-electron chi connectivity index (χ4n) is 3.30. The average molecular weight is 334 g/mol. The minimum Gasteiger partial charge on any atom is -0.486 e.